The summed E-state index contributed by atoms with van der Waals surface area (Å²) >= 11 is 6.16. The second kappa shape index (κ2) is 6.83. The number of allylic oxidation sites excluding steroid dienone is 4. The van der Waals surface area contributed by atoms with Gasteiger partial charge < -0.3 is 20.7 Å². The molecule has 0 unspecified atom stereocenters. The van der Waals surface area contributed by atoms with Crippen molar-refractivity contribution in [3.63, 3.8) is 0 Å². The van der Waals surface area contributed by atoms with Crippen LogP contribution in [0.15, 0.2) is 29.8 Å². The van der Waals surface area contributed by atoms with E-state index < -0.39 is 0 Å². The zero-order chi connectivity index (χ0) is 17.3. The molecular formula is C17H22ClN5O. The maximum absolute atomic E-state index is 6.16. The predicted octanol–water partition coefficient (Wildman–Crippen LogP) is 2.33. The lowest BCUT2D eigenvalue weighted by Gasteiger charge is -2.38. The molecule has 24 heavy (non-hydrogen) atoms. The number of anilines is 2. The molecule has 0 amide bonds. The van der Waals surface area contributed by atoms with Crippen molar-refractivity contribution in [1.82, 2.24) is 15.3 Å². The van der Waals surface area contributed by atoms with E-state index in [1.165, 1.54) is 0 Å². The van der Waals surface area contributed by atoms with Crippen LogP contribution in [0.25, 0.3) is 5.57 Å². The third kappa shape index (κ3) is 3.25. The predicted molar refractivity (Wildman–Crippen MR) is 98.3 cm³/mol. The Morgan fingerprint density at radius 1 is 1.46 bits per heavy atom. The van der Waals surface area contributed by atoms with Gasteiger partial charge in [0.25, 0.3) is 0 Å². The van der Waals surface area contributed by atoms with Gasteiger partial charge in [0.2, 0.25) is 5.95 Å². The van der Waals surface area contributed by atoms with Crippen LogP contribution in [-0.4, -0.2) is 41.7 Å². The lowest BCUT2D eigenvalue weighted by molar-refractivity contribution is 0.376. The Balaban J connectivity index is 2.03. The first-order valence-electron chi connectivity index (χ1n) is 7.99. The number of nitrogen functional groups attached to an aromatic ring is 1. The van der Waals surface area contributed by atoms with E-state index >= 15 is 0 Å². The molecule has 0 aromatic carbocycles. The van der Waals surface area contributed by atoms with Crippen LogP contribution in [-0.2, 0) is 0 Å². The van der Waals surface area contributed by atoms with Gasteiger partial charge in [-0.2, -0.15) is 4.98 Å². The molecule has 1 aromatic rings. The Kier molecular flexibility index (Phi) is 4.78. The SMILES string of the molecule is C=C/C=C(Cl)\C=C1/COc2c1nc(N)nc2N1C[C@@H](C)NC[C@@H]1C. The molecule has 1 aromatic heterocycles. The minimum atomic E-state index is 0.238. The number of nitrogens with two attached hydrogens (primary N) is 1. The second-order valence-electron chi connectivity index (χ2n) is 6.14. The first kappa shape index (κ1) is 16.8. The van der Waals surface area contributed by atoms with Crippen LogP contribution in [0, 0.1) is 0 Å². The molecule has 0 radical (unpaired) electrons. The van der Waals surface area contributed by atoms with Gasteiger partial charge in [-0.15, -0.1) is 0 Å². The van der Waals surface area contributed by atoms with Gasteiger partial charge in [-0.3, -0.25) is 0 Å². The van der Waals surface area contributed by atoms with Crippen LogP contribution in [0.5, 0.6) is 5.75 Å². The molecule has 0 spiro atoms. The first-order valence-corrected chi connectivity index (χ1v) is 8.37. The number of nitrogens with zero attached hydrogens (tertiary/aromatic N) is 3. The zero-order valence-corrected chi connectivity index (χ0v) is 14.7. The molecule has 7 heteroatoms. The van der Waals surface area contributed by atoms with E-state index in [9.17, 15) is 0 Å². The number of piperazine rings is 1. The Hall–Kier alpha value is -2.05. The largest absolute Gasteiger partial charge is 0.483 e. The third-order valence-electron chi connectivity index (χ3n) is 4.17. The average molecular weight is 348 g/mol. The third-order valence-corrected chi connectivity index (χ3v) is 4.40. The van der Waals surface area contributed by atoms with Crippen LogP contribution in [0.1, 0.15) is 19.5 Å². The number of halogens is 1. The molecule has 0 aliphatic carbocycles. The molecule has 2 aliphatic rings. The highest BCUT2D eigenvalue weighted by molar-refractivity contribution is 6.31. The topological polar surface area (TPSA) is 76.3 Å². The lowest BCUT2D eigenvalue weighted by Crippen LogP contribution is -2.54. The first-order chi connectivity index (χ1) is 11.5. The molecule has 6 nitrogen and oxygen atoms in total. The molecule has 0 saturated carbocycles. The van der Waals surface area contributed by atoms with Crippen LogP contribution in [0.4, 0.5) is 11.8 Å². The summed E-state index contributed by atoms with van der Waals surface area (Å²) in [6, 6.07) is 0.662. The van der Waals surface area contributed by atoms with Crippen LogP contribution in [0.2, 0.25) is 0 Å². The Morgan fingerprint density at radius 3 is 3.00 bits per heavy atom. The van der Waals surface area contributed by atoms with Crippen LogP contribution >= 0.6 is 11.6 Å². The van der Waals surface area contributed by atoms with Crippen molar-refractivity contribution in [2.45, 2.75) is 25.9 Å². The summed E-state index contributed by atoms with van der Waals surface area (Å²) < 4.78 is 5.89. The van der Waals surface area contributed by atoms with Gasteiger partial charge in [-0.25, -0.2) is 4.98 Å². The van der Waals surface area contributed by atoms with Gasteiger partial charge in [0.15, 0.2) is 11.6 Å². The Morgan fingerprint density at radius 2 is 2.25 bits per heavy atom. The molecule has 3 heterocycles. The quantitative estimate of drug-likeness (QED) is 0.817. The highest BCUT2D eigenvalue weighted by atomic mass is 35.5. The molecule has 3 N–H and O–H groups in total. The summed E-state index contributed by atoms with van der Waals surface area (Å²) in [5.41, 5.74) is 7.56. The van der Waals surface area contributed by atoms with E-state index in [0.29, 0.717) is 35.2 Å². The minimum absolute atomic E-state index is 0.238. The number of aromatic nitrogens is 2. The summed E-state index contributed by atoms with van der Waals surface area (Å²) in [6.07, 6.45) is 5.19. The summed E-state index contributed by atoms with van der Waals surface area (Å²) in [5.74, 6) is 1.67. The fourth-order valence-electron chi connectivity index (χ4n) is 2.97. The van der Waals surface area contributed by atoms with E-state index in [1.807, 2.05) is 6.08 Å². The normalized spacial score (nSPS) is 25.5. The standard InChI is InChI=1S/C17H22ClN5O/c1-4-5-13(18)6-12-9-24-15-14(12)21-17(19)22-16(15)23-8-10(2)20-7-11(23)3/h4-6,10-11,20H,1,7-9H2,2-3H3,(H2,19,21,22)/b12-6+,13-5+/t10-,11+/m1/s1. The fraction of sp³-hybridized carbons (Fsp3) is 0.412. The fourth-order valence-corrected chi connectivity index (χ4v) is 3.19. The zero-order valence-electron chi connectivity index (χ0n) is 13.9. The van der Waals surface area contributed by atoms with Gasteiger partial charge in [0.05, 0.1) is 0 Å². The minimum Gasteiger partial charge on any atom is -0.483 e. The number of nitrogens with one attached hydrogen (secondary N) is 1. The number of ether oxygens (including phenoxy) is 1. The van der Waals surface area contributed by atoms with Gasteiger partial charge in [-0.05, 0) is 26.0 Å². The molecule has 0 bridgehead atoms. The van der Waals surface area contributed by atoms with E-state index in [2.05, 4.69) is 40.6 Å². The summed E-state index contributed by atoms with van der Waals surface area (Å²) in [7, 11) is 0. The lowest BCUT2D eigenvalue weighted by atomic mass is 10.1. The van der Waals surface area contributed by atoms with E-state index in [4.69, 9.17) is 22.1 Å². The summed E-state index contributed by atoms with van der Waals surface area (Å²) in [5, 5.41) is 4.03. The van der Waals surface area contributed by atoms with Crippen molar-refractivity contribution in [3.8, 4) is 5.75 Å². The van der Waals surface area contributed by atoms with E-state index in [0.717, 1.165) is 24.5 Å². The van der Waals surface area contributed by atoms with E-state index in [-0.39, 0.29) is 5.95 Å². The maximum atomic E-state index is 6.16. The molecule has 1 saturated heterocycles. The van der Waals surface area contributed by atoms with Crippen molar-refractivity contribution in [3.05, 3.63) is 35.5 Å². The van der Waals surface area contributed by atoms with Gasteiger partial charge in [0.1, 0.15) is 12.3 Å². The molecule has 1 fully saturated rings. The smallest absolute Gasteiger partial charge is 0.222 e. The highest BCUT2D eigenvalue weighted by Gasteiger charge is 2.32. The average Bonchev–Trinajstić information content (AvgIpc) is 2.92. The monoisotopic (exact) mass is 347 g/mol. The van der Waals surface area contributed by atoms with Crippen LogP contribution in [0.3, 0.4) is 0 Å². The van der Waals surface area contributed by atoms with Gasteiger partial charge in [-0.1, -0.05) is 24.3 Å². The number of hydrogen-bond acceptors (Lipinski definition) is 6. The summed E-state index contributed by atoms with van der Waals surface area (Å²) in [4.78, 5) is 11.0. The summed E-state index contributed by atoms with van der Waals surface area (Å²) in [6.45, 7) is 10.1. The molecular weight excluding hydrogens is 326 g/mol. The van der Waals surface area contributed by atoms with Crippen molar-refractivity contribution >= 4 is 28.9 Å². The Bertz CT molecular complexity index is 715. The van der Waals surface area contributed by atoms with Crippen molar-refractivity contribution in [2.75, 3.05) is 30.3 Å². The van der Waals surface area contributed by atoms with Crippen molar-refractivity contribution in [2.24, 2.45) is 0 Å². The van der Waals surface area contributed by atoms with Gasteiger partial charge >= 0.3 is 0 Å². The van der Waals surface area contributed by atoms with Crippen LogP contribution < -0.4 is 20.7 Å². The van der Waals surface area contributed by atoms with Gasteiger partial charge in [0, 0.05) is 35.8 Å². The molecule has 2 aliphatic heterocycles. The Labute approximate surface area is 147 Å². The maximum Gasteiger partial charge on any atom is 0.222 e. The number of hydrogen-bond donors (Lipinski definition) is 2. The number of rotatable bonds is 3. The number of fused-ring (bicyclic) bond motifs is 1. The van der Waals surface area contributed by atoms with Crippen molar-refractivity contribution < 1.29 is 4.74 Å². The molecule has 128 valence electrons. The van der Waals surface area contributed by atoms with E-state index in [1.54, 1.807) is 12.2 Å². The van der Waals surface area contributed by atoms with Crippen molar-refractivity contribution in [1.29, 1.82) is 0 Å². The molecule has 2 atom stereocenters. The second-order valence-corrected chi connectivity index (χ2v) is 6.58. The highest BCUT2D eigenvalue weighted by Crippen LogP contribution is 2.40. The molecule has 3 rings (SSSR count).